The van der Waals surface area contributed by atoms with Gasteiger partial charge in [0.1, 0.15) is 0 Å². The second-order valence-corrected chi connectivity index (χ2v) is 3.71. The molecule has 0 unspecified atom stereocenters. The molecule has 0 aromatic rings. The van der Waals surface area contributed by atoms with E-state index in [1.54, 1.807) is 6.92 Å². The maximum Gasteiger partial charge on any atom is 0.219 e. The standard InChI is InChI=1S/C11H24N2O.2C2H6/c1-3-4-9-13(11(2)14)10-7-5-6-8-12;2*1-2/h3-10,12H2,1-2H3;2*1-2H3. The van der Waals surface area contributed by atoms with Crippen molar-refractivity contribution < 1.29 is 4.79 Å². The molecule has 0 radical (unpaired) electrons. The van der Waals surface area contributed by atoms with Gasteiger partial charge in [-0.3, -0.25) is 4.79 Å². The fourth-order valence-electron chi connectivity index (χ4n) is 1.40. The van der Waals surface area contributed by atoms with Crippen LogP contribution in [0.1, 0.15) is 73.6 Å². The molecule has 0 atom stereocenters. The Kier molecular flexibility index (Phi) is 27.2. The summed E-state index contributed by atoms with van der Waals surface area (Å²) in [5.74, 6) is 0.200. The number of unbranched alkanes of at least 4 members (excludes halogenated alkanes) is 3. The Morgan fingerprint density at radius 1 is 0.944 bits per heavy atom. The third kappa shape index (κ3) is 17.8. The summed E-state index contributed by atoms with van der Waals surface area (Å²) >= 11 is 0. The van der Waals surface area contributed by atoms with Gasteiger partial charge in [0, 0.05) is 20.0 Å². The molecule has 18 heavy (non-hydrogen) atoms. The van der Waals surface area contributed by atoms with Gasteiger partial charge in [0.15, 0.2) is 0 Å². The van der Waals surface area contributed by atoms with E-state index in [9.17, 15) is 4.79 Å². The summed E-state index contributed by atoms with van der Waals surface area (Å²) in [7, 11) is 0. The number of carbonyl (C=O) groups is 1. The van der Waals surface area contributed by atoms with E-state index in [-0.39, 0.29) is 5.91 Å². The first-order chi connectivity index (χ1) is 8.72. The van der Waals surface area contributed by atoms with E-state index in [1.165, 1.54) is 0 Å². The van der Waals surface area contributed by atoms with Crippen molar-refractivity contribution in [2.24, 2.45) is 5.73 Å². The monoisotopic (exact) mass is 260 g/mol. The molecule has 0 heterocycles. The van der Waals surface area contributed by atoms with E-state index in [2.05, 4.69) is 6.92 Å². The van der Waals surface area contributed by atoms with E-state index < -0.39 is 0 Å². The van der Waals surface area contributed by atoms with Crippen molar-refractivity contribution >= 4 is 5.91 Å². The SMILES string of the molecule is CC.CC.CCCCN(CCCCCN)C(C)=O. The van der Waals surface area contributed by atoms with E-state index >= 15 is 0 Å². The minimum atomic E-state index is 0.200. The van der Waals surface area contributed by atoms with Crippen molar-refractivity contribution in [2.45, 2.75) is 73.6 Å². The fraction of sp³-hybridized carbons (Fsp3) is 0.933. The Morgan fingerprint density at radius 3 is 1.83 bits per heavy atom. The van der Waals surface area contributed by atoms with Gasteiger partial charge in [-0.05, 0) is 25.8 Å². The Hall–Kier alpha value is -0.570. The Morgan fingerprint density at radius 2 is 1.44 bits per heavy atom. The summed E-state index contributed by atoms with van der Waals surface area (Å²) in [5, 5.41) is 0. The second-order valence-electron chi connectivity index (χ2n) is 3.71. The minimum Gasteiger partial charge on any atom is -0.343 e. The van der Waals surface area contributed by atoms with Crippen molar-refractivity contribution in [1.82, 2.24) is 4.90 Å². The number of hydrogen-bond donors (Lipinski definition) is 1. The topological polar surface area (TPSA) is 46.3 Å². The van der Waals surface area contributed by atoms with Crippen LogP contribution in [0.5, 0.6) is 0 Å². The van der Waals surface area contributed by atoms with Gasteiger partial charge in [0.05, 0.1) is 0 Å². The number of nitrogens with two attached hydrogens (primary N) is 1. The summed E-state index contributed by atoms with van der Waals surface area (Å²) in [4.78, 5) is 13.2. The molecular weight excluding hydrogens is 224 g/mol. The first-order valence-corrected chi connectivity index (χ1v) is 7.68. The molecular formula is C15H36N2O. The van der Waals surface area contributed by atoms with Gasteiger partial charge in [-0.2, -0.15) is 0 Å². The summed E-state index contributed by atoms with van der Waals surface area (Å²) in [6.07, 6.45) is 5.54. The summed E-state index contributed by atoms with van der Waals surface area (Å²) in [6.45, 7) is 14.4. The van der Waals surface area contributed by atoms with Crippen molar-refractivity contribution in [1.29, 1.82) is 0 Å². The van der Waals surface area contributed by atoms with Gasteiger partial charge in [-0.15, -0.1) is 0 Å². The zero-order valence-electron chi connectivity index (χ0n) is 13.6. The zero-order chi connectivity index (χ0) is 14.8. The lowest BCUT2D eigenvalue weighted by Crippen LogP contribution is -2.30. The molecule has 0 aliphatic rings. The van der Waals surface area contributed by atoms with Crippen LogP contribution in [-0.2, 0) is 4.79 Å². The van der Waals surface area contributed by atoms with Gasteiger partial charge < -0.3 is 10.6 Å². The molecule has 0 saturated carbocycles. The van der Waals surface area contributed by atoms with E-state index in [0.717, 1.165) is 51.7 Å². The van der Waals surface area contributed by atoms with Crippen LogP contribution in [0.2, 0.25) is 0 Å². The van der Waals surface area contributed by atoms with Crippen LogP contribution < -0.4 is 5.73 Å². The maximum atomic E-state index is 11.2. The maximum absolute atomic E-state index is 11.2. The molecule has 0 aromatic heterocycles. The average molecular weight is 260 g/mol. The van der Waals surface area contributed by atoms with E-state index in [0.29, 0.717) is 0 Å². The molecule has 2 N–H and O–H groups in total. The molecule has 0 fully saturated rings. The zero-order valence-corrected chi connectivity index (χ0v) is 13.6. The van der Waals surface area contributed by atoms with Crippen LogP contribution in [0.4, 0.5) is 0 Å². The van der Waals surface area contributed by atoms with E-state index in [1.807, 2.05) is 32.6 Å². The van der Waals surface area contributed by atoms with Crippen molar-refractivity contribution in [2.75, 3.05) is 19.6 Å². The highest BCUT2D eigenvalue weighted by atomic mass is 16.2. The molecule has 0 spiro atoms. The van der Waals surface area contributed by atoms with Crippen LogP contribution in [-0.4, -0.2) is 30.4 Å². The third-order valence-electron chi connectivity index (χ3n) is 2.36. The highest BCUT2D eigenvalue weighted by Crippen LogP contribution is 2.01. The molecule has 0 aliphatic heterocycles. The van der Waals surface area contributed by atoms with Crippen LogP contribution in [0.15, 0.2) is 0 Å². The van der Waals surface area contributed by atoms with Crippen LogP contribution in [0, 0.1) is 0 Å². The quantitative estimate of drug-likeness (QED) is 0.674. The minimum absolute atomic E-state index is 0.200. The predicted molar refractivity (Wildman–Crippen MR) is 82.8 cm³/mol. The highest BCUT2D eigenvalue weighted by Gasteiger charge is 2.06. The second kappa shape index (κ2) is 21.7. The predicted octanol–water partition coefficient (Wildman–Crippen LogP) is 3.82. The summed E-state index contributed by atoms with van der Waals surface area (Å²) in [5.41, 5.74) is 5.40. The largest absolute Gasteiger partial charge is 0.343 e. The fourth-order valence-corrected chi connectivity index (χ4v) is 1.40. The van der Waals surface area contributed by atoms with E-state index in [4.69, 9.17) is 5.73 Å². The third-order valence-corrected chi connectivity index (χ3v) is 2.36. The number of nitrogens with zero attached hydrogens (tertiary/aromatic N) is 1. The molecule has 0 rings (SSSR count). The molecule has 0 aromatic carbocycles. The summed E-state index contributed by atoms with van der Waals surface area (Å²) < 4.78 is 0. The Balaban J connectivity index is -0.000000506. The van der Waals surface area contributed by atoms with Gasteiger partial charge in [0.2, 0.25) is 5.91 Å². The number of rotatable bonds is 8. The number of carbonyl (C=O) groups excluding carboxylic acids is 1. The van der Waals surface area contributed by atoms with Crippen molar-refractivity contribution in [3.8, 4) is 0 Å². The molecule has 1 amide bonds. The number of hydrogen-bond acceptors (Lipinski definition) is 2. The smallest absolute Gasteiger partial charge is 0.219 e. The Labute approximate surface area is 115 Å². The van der Waals surface area contributed by atoms with Crippen LogP contribution in [0.25, 0.3) is 0 Å². The molecule has 3 nitrogen and oxygen atoms in total. The highest BCUT2D eigenvalue weighted by molar-refractivity contribution is 5.73. The van der Waals surface area contributed by atoms with Crippen molar-refractivity contribution in [3.05, 3.63) is 0 Å². The average Bonchev–Trinajstić information content (AvgIpc) is 2.42. The van der Waals surface area contributed by atoms with Gasteiger partial charge in [-0.25, -0.2) is 0 Å². The first-order valence-electron chi connectivity index (χ1n) is 7.68. The van der Waals surface area contributed by atoms with Gasteiger partial charge in [-0.1, -0.05) is 47.5 Å². The lowest BCUT2D eigenvalue weighted by atomic mass is 10.2. The normalized spacial score (nSPS) is 8.61. The molecule has 0 aliphatic carbocycles. The lowest BCUT2D eigenvalue weighted by molar-refractivity contribution is -0.129. The Bertz CT molecular complexity index is 149. The summed E-state index contributed by atoms with van der Waals surface area (Å²) in [6, 6.07) is 0. The van der Waals surface area contributed by atoms with Gasteiger partial charge >= 0.3 is 0 Å². The number of amides is 1. The van der Waals surface area contributed by atoms with Crippen LogP contribution >= 0.6 is 0 Å². The van der Waals surface area contributed by atoms with Gasteiger partial charge in [0.25, 0.3) is 0 Å². The lowest BCUT2D eigenvalue weighted by Gasteiger charge is -2.20. The molecule has 3 heteroatoms. The molecule has 0 saturated heterocycles. The molecule has 112 valence electrons. The van der Waals surface area contributed by atoms with Crippen molar-refractivity contribution in [3.63, 3.8) is 0 Å². The first kappa shape index (κ1) is 22.6. The van der Waals surface area contributed by atoms with Crippen LogP contribution in [0.3, 0.4) is 0 Å². The molecule has 0 bridgehead atoms.